The molecule has 1 fully saturated rings. The zero-order valence-electron chi connectivity index (χ0n) is 11.1. The molecular formula is C12H22N2O3. The molecule has 0 radical (unpaired) electrons. The second-order valence-corrected chi connectivity index (χ2v) is 5.33. The molecule has 0 aromatic carbocycles. The minimum atomic E-state index is -0.470. The van der Waals surface area contributed by atoms with E-state index in [1.807, 2.05) is 27.7 Å². The van der Waals surface area contributed by atoms with Gasteiger partial charge < -0.3 is 15.0 Å². The molecule has 17 heavy (non-hydrogen) atoms. The monoisotopic (exact) mass is 242 g/mol. The van der Waals surface area contributed by atoms with Gasteiger partial charge in [0.1, 0.15) is 5.60 Å². The number of hydrogen-bond acceptors (Lipinski definition) is 3. The van der Waals surface area contributed by atoms with Gasteiger partial charge in [-0.3, -0.25) is 4.79 Å². The van der Waals surface area contributed by atoms with Gasteiger partial charge in [0, 0.05) is 25.6 Å². The van der Waals surface area contributed by atoms with Gasteiger partial charge in [-0.2, -0.15) is 0 Å². The van der Waals surface area contributed by atoms with Gasteiger partial charge in [-0.25, -0.2) is 4.79 Å². The summed E-state index contributed by atoms with van der Waals surface area (Å²) in [5, 5.41) is 2.89. The predicted octanol–water partition coefficient (Wildman–Crippen LogP) is 1.52. The Hall–Kier alpha value is -1.26. The maximum Gasteiger partial charge on any atom is 0.410 e. The Labute approximate surface area is 102 Å². The van der Waals surface area contributed by atoms with Gasteiger partial charge >= 0.3 is 6.09 Å². The third-order valence-electron chi connectivity index (χ3n) is 2.53. The van der Waals surface area contributed by atoms with E-state index in [-0.39, 0.29) is 18.0 Å². The molecule has 0 saturated carbocycles. The average Bonchev–Trinajstić information content (AvgIpc) is 2.63. The normalized spacial score (nSPS) is 20.2. The molecule has 0 spiro atoms. The van der Waals surface area contributed by atoms with Crippen LogP contribution in [0.2, 0.25) is 0 Å². The molecule has 1 aliphatic rings. The standard InChI is InChI=1S/C12H22N2O3/c1-5-10(15)13-9-6-7-14(8-9)11(16)17-12(2,3)4/h9H,5-8H2,1-4H3,(H,13,15). The lowest BCUT2D eigenvalue weighted by molar-refractivity contribution is -0.121. The largest absolute Gasteiger partial charge is 0.444 e. The van der Waals surface area contributed by atoms with Gasteiger partial charge in [-0.15, -0.1) is 0 Å². The van der Waals surface area contributed by atoms with E-state index in [1.54, 1.807) is 4.90 Å². The van der Waals surface area contributed by atoms with Crippen LogP contribution < -0.4 is 5.32 Å². The van der Waals surface area contributed by atoms with Crippen molar-refractivity contribution in [2.75, 3.05) is 13.1 Å². The number of nitrogens with one attached hydrogen (secondary N) is 1. The molecule has 2 amide bonds. The first-order chi connectivity index (χ1) is 7.81. The molecule has 0 aromatic heterocycles. The number of rotatable bonds is 2. The van der Waals surface area contributed by atoms with E-state index in [2.05, 4.69) is 5.32 Å². The highest BCUT2D eigenvalue weighted by Crippen LogP contribution is 2.15. The Morgan fingerprint density at radius 1 is 1.41 bits per heavy atom. The summed E-state index contributed by atoms with van der Waals surface area (Å²) < 4.78 is 5.28. The van der Waals surface area contributed by atoms with E-state index in [4.69, 9.17) is 4.74 Å². The zero-order chi connectivity index (χ0) is 13.1. The maximum absolute atomic E-state index is 11.8. The molecule has 0 aromatic rings. The Kier molecular flexibility index (Phi) is 4.37. The topological polar surface area (TPSA) is 58.6 Å². The fourth-order valence-corrected chi connectivity index (χ4v) is 1.70. The lowest BCUT2D eigenvalue weighted by Gasteiger charge is -2.24. The summed E-state index contributed by atoms with van der Waals surface area (Å²) in [4.78, 5) is 24.6. The van der Waals surface area contributed by atoms with Crippen molar-refractivity contribution >= 4 is 12.0 Å². The number of ether oxygens (including phenoxy) is 1. The van der Waals surface area contributed by atoms with Gasteiger partial charge in [0.15, 0.2) is 0 Å². The van der Waals surface area contributed by atoms with E-state index in [0.717, 1.165) is 6.42 Å². The molecule has 0 bridgehead atoms. The smallest absolute Gasteiger partial charge is 0.410 e. The molecule has 1 rings (SSSR count). The van der Waals surface area contributed by atoms with Crippen molar-refractivity contribution < 1.29 is 14.3 Å². The molecule has 5 nitrogen and oxygen atoms in total. The Balaban J connectivity index is 2.39. The van der Waals surface area contributed by atoms with E-state index in [9.17, 15) is 9.59 Å². The van der Waals surface area contributed by atoms with Crippen LogP contribution in [0.15, 0.2) is 0 Å². The van der Waals surface area contributed by atoms with Gasteiger partial charge in [0.05, 0.1) is 0 Å². The lowest BCUT2D eigenvalue weighted by Crippen LogP contribution is -2.40. The van der Waals surface area contributed by atoms with Crippen molar-refractivity contribution in [1.29, 1.82) is 0 Å². The highest BCUT2D eigenvalue weighted by molar-refractivity contribution is 5.76. The first kappa shape index (κ1) is 13.8. The molecule has 1 atom stereocenters. The van der Waals surface area contributed by atoms with Crippen LogP contribution in [0.4, 0.5) is 4.79 Å². The first-order valence-electron chi connectivity index (χ1n) is 6.09. The highest BCUT2D eigenvalue weighted by atomic mass is 16.6. The summed E-state index contributed by atoms with van der Waals surface area (Å²) in [5.41, 5.74) is -0.470. The summed E-state index contributed by atoms with van der Waals surface area (Å²) in [6.07, 6.45) is 0.972. The second-order valence-electron chi connectivity index (χ2n) is 5.33. The molecule has 5 heteroatoms. The van der Waals surface area contributed by atoms with Crippen LogP contribution in [-0.2, 0) is 9.53 Å². The van der Waals surface area contributed by atoms with Gasteiger partial charge in [-0.05, 0) is 27.2 Å². The fraction of sp³-hybridized carbons (Fsp3) is 0.833. The second kappa shape index (κ2) is 5.38. The van der Waals surface area contributed by atoms with Crippen LogP contribution in [0, 0.1) is 0 Å². The first-order valence-corrected chi connectivity index (χ1v) is 6.09. The number of nitrogens with zero attached hydrogens (tertiary/aromatic N) is 1. The van der Waals surface area contributed by atoms with Crippen molar-refractivity contribution in [3.63, 3.8) is 0 Å². The molecule has 98 valence electrons. The van der Waals surface area contributed by atoms with E-state index >= 15 is 0 Å². The highest BCUT2D eigenvalue weighted by Gasteiger charge is 2.30. The molecule has 1 aliphatic heterocycles. The quantitative estimate of drug-likeness (QED) is 0.798. The fourth-order valence-electron chi connectivity index (χ4n) is 1.70. The minimum absolute atomic E-state index is 0.0287. The van der Waals surface area contributed by atoms with Gasteiger partial charge in [0.2, 0.25) is 5.91 Å². The van der Waals surface area contributed by atoms with Crippen molar-refractivity contribution in [3.05, 3.63) is 0 Å². The summed E-state index contributed by atoms with van der Waals surface area (Å²) in [5.74, 6) is 0.0287. The van der Waals surface area contributed by atoms with Crippen molar-refractivity contribution in [1.82, 2.24) is 10.2 Å². The van der Waals surface area contributed by atoms with Crippen molar-refractivity contribution in [3.8, 4) is 0 Å². The molecule has 1 unspecified atom stereocenters. The van der Waals surface area contributed by atoms with E-state index in [1.165, 1.54) is 0 Å². The summed E-state index contributed by atoms with van der Waals surface area (Å²) in [6, 6.07) is 0.0648. The third-order valence-corrected chi connectivity index (χ3v) is 2.53. The molecule has 0 aliphatic carbocycles. The number of carbonyl (C=O) groups excluding carboxylic acids is 2. The SMILES string of the molecule is CCC(=O)NC1CCN(C(=O)OC(C)(C)C)C1. The third kappa shape index (κ3) is 4.63. The minimum Gasteiger partial charge on any atom is -0.444 e. The van der Waals surface area contributed by atoms with Gasteiger partial charge in [0.25, 0.3) is 0 Å². The van der Waals surface area contributed by atoms with E-state index in [0.29, 0.717) is 19.5 Å². The Morgan fingerprint density at radius 2 is 2.06 bits per heavy atom. The molecule has 1 saturated heterocycles. The van der Waals surface area contributed by atoms with Crippen molar-refractivity contribution in [2.24, 2.45) is 0 Å². The Bertz CT molecular complexity index is 297. The number of hydrogen-bond donors (Lipinski definition) is 1. The van der Waals surface area contributed by atoms with Crippen LogP contribution in [0.5, 0.6) is 0 Å². The average molecular weight is 242 g/mol. The lowest BCUT2D eigenvalue weighted by atomic mass is 10.2. The molecule has 1 N–H and O–H groups in total. The zero-order valence-corrected chi connectivity index (χ0v) is 11.1. The molecular weight excluding hydrogens is 220 g/mol. The summed E-state index contributed by atoms with van der Waals surface area (Å²) in [6.45, 7) is 8.53. The molecule has 1 heterocycles. The van der Waals surface area contributed by atoms with Crippen LogP contribution >= 0.6 is 0 Å². The van der Waals surface area contributed by atoms with Gasteiger partial charge in [-0.1, -0.05) is 6.92 Å². The summed E-state index contributed by atoms with van der Waals surface area (Å²) >= 11 is 0. The van der Waals surface area contributed by atoms with Crippen LogP contribution in [0.25, 0.3) is 0 Å². The van der Waals surface area contributed by atoms with Crippen LogP contribution in [-0.4, -0.2) is 41.6 Å². The summed E-state index contributed by atoms with van der Waals surface area (Å²) in [7, 11) is 0. The number of likely N-dealkylation sites (tertiary alicyclic amines) is 1. The van der Waals surface area contributed by atoms with Crippen LogP contribution in [0.1, 0.15) is 40.5 Å². The number of amides is 2. The maximum atomic E-state index is 11.8. The van der Waals surface area contributed by atoms with E-state index < -0.39 is 5.60 Å². The predicted molar refractivity (Wildman–Crippen MR) is 64.6 cm³/mol. The number of carbonyl (C=O) groups is 2. The van der Waals surface area contributed by atoms with Crippen LogP contribution in [0.3, 0.4) is 0 Å². The van der Waals surface area contributed by atoms with Crippen molar-refractivity contribution in [2.45, 2.75) is 52.2 Å². The Morgan fingerprint density at radius 3 is 2.59 bits per heavy atom.